The van der Waals surface area contributed by atoms with Crippen LogP contribution < -0.4 is 11.2 Å². The molecule has 0 N–H and O–H groups in total. The van der Waals surface area contributed by atoms with Crippen LogP contribution in [0, 0.1) is 0 Å². The monoisotopic (exact) mass is 516 g/mol. The van der Waals surface area contributed by atoms with Crippen LogP contribution in [0.4, 0.5) is 0 Å². The van der Waals surface area contributed by atoms with Crippen LogP contribution in [0.3, 0.4) is 0 Å². The molecular weight excluding hydrogens is 492 g/mol. The molecule has 0 radical (unpaired) electrons. The first-order valence-electron chi connectivity index (χ1n) is 11.0. The number of benzene rings is 1. The van der Waals surface area contributed by atoms with E-state index in [1.54, 1.807) is 22.5 Å². The Morgan fingerprint density at radius 1 is 1.06 bits per heavy atom. The highest BCUT2D eigenvalue weighted by atomic mass is 35.5. The number of pyridine rings is 1. The van der Waals surface area contributed by atoms with E-state index < -0.39 is 11.2 Å². The summed E-state index contributed by atoms with van der Waals surface area (Å²) in [4.78, 5) is 30.9. The minimum atomic E-state index is -1.36. The molecule has 5 rings (SSSR count). The Morgan fingerprint density at radius 2 is 1.88 bits per heavy atom. The third-order valence-corrected chi connectivity index (χ3v) is 8.42. The van der Waals surface area contributed by atoms with E-state index >= 15 is 0 Å². The van der Waals surface area contributed by atoms with E-state index in [1.165, 1.54) is 4.57 Å². The number of unbranched alkanes of at least 4 members (excludes halogenated alkanes) is 1. The van der Waals surface area contributed by atoms with Crippen LogP contribution in [0.5, 0.6) is 0 Å². The Hall–Kier alpha value is -2.46. The number of rotatable bonds is 7. The molecule has 4 aromatic rings. The lowest BCUT2D eigenvalue weighted by Crippen LogP contribution is -2.45. The van der Waals surface area contributed by atoms with Gasteiger partial charge >= 0.3 is 5.69 Å². The van der Waals surface area contributed by atoms with Crippen molar-refractivity contribution in [3.63, 3.8) is 0 Å². The number of hydrogen-bond acceptors (Lipinski definition) is 5. The fourth-order valence-corrected chi connectivity index (χ4v) is 6.66. The molecule has 0 fully saturated rings. The molecule has 1 aliphatic rings. The zero-order chi connectivity index (χ0) is 22.8. The van der Waals surface area contributed by atoms with Crippen LogP contribution in [-0.4, -0.2) is 34.6 Å². The molecular formula is C24H25ClN4O3S2. The summed E-state index contributed by atoms with van der Waals surface area (Å²) >= 11 is 0.378. The average Bonchev–Trinajstić information content (AvgIpc) is 3.32. The Bertz CT molecular complexity index is 1400. The van der Waals surface area contributed by atoms with E-state index in [2.05, 4.69) is 15.5 Å². The number of thioether (sulfide) groups is 1. The number of imidazole rings is 1. The van der Waals surface area contributed by atoms with Gasteiger partial charge in [-0.15, -0.1) is 24.2 Å². The second-order valence-corrected chi connectivity index (χ2v) is 10.5. The largest absolute Gasteiger partial charge is 0.610 e. The maximum absolute atomic E-state index is 13.4. The summed E-state index contributed by atoms with van der Waals surface area (Å²) in [6.45, 7) is 0.838. The number of nitrogens with zero attached hydrogens (tertiary/aromatic N) is 4. The van der Waals surface area contributed by atoms with Gasteiger partial charge in [-0.3, -0.25) is 18.3 Å². The van der Waals surface area contributed by atoms with Crippen molar-refractivity contribution in [2.75, 3.05) is 11.5 Å². The van der Waals surface area contributed by atoms with Gasteiger partial charge in [-0.2, -0.15) is 0 Å². The molecule has 1 aromatic carbocycles. The van der Waals surface area contributed by atoms with Gasteiger partial charge in [-0.05, 0) is 36.3 Å². The van der Waals surface area contributed by atoms with Crippen molar-refractivity contribution in [3.8, 4) is 11.1 Å². The zero-order valence-corrected chi connectivity index (χ0v) is 20.9. The molecule has 10 heteroatoms. The van der Waals surface area contributed by atoms with E-state index in [1.807, 2.05) is 48.7 Å². The van der Waals surface area contributed by atoms with Crippen LogP contribution in [0.2, 0.25) is 0 Å². The molecule has 0 aliphatic carbocycles. The highest BCUT2D eigenvalue weighted by molar-refractivity contribution is 7.99. The summed E-state index contributed by atoms with van der Waals surface area (Å²) in [6.07, 6.45) is 5.96. The van der Waals surface area contributed by atoms with Gasteiger partial charge in [0.15, 0.2) is 0 Å². The standard InChI is InChI=1S/C24H24N4O3S2.ClH/c29-22-21(18-8-2-1-3-9-18)23-28(14-7-17-33(23)31)24(30)27(22)13-4-5-16-32-20-11-6-10-19-25-12-15-26(19)20;/h1-3,6,8-12,15H,4-5,7,13-14,16-17H2;1H. The number of halogens is 1. The predicted octanol–water partition coefficient (Wildman–Crippen LogP) is 3.83. The Balaban J connectivity index is 0.00000274. The average molecular weight is 517 g/mol. The van der Waals surface area contributed by atoms with Crippen molar-refractivity contribution in [1.82, 2.24) is 18.5 Å². The third-order valence-electron chi connectivity index (χ3n) is 5.79. The first-order chi connectivity index (χ1) is 16.1. The molecule has 4 heterocycles. The van der Waals surface area contributed by atoms with Crippen LogP contribution in [0.15, 0.2) is 80.6 Å². The lowest BCUT2D eigenvalue weighted by molar-refractivity contribution is 0.473. The van der Waals surface area contributed by atoms with Crippen LogP contribution in [-0.2, 0) is 24.3 Å². The quantitative estimate of drug-likeness (QED) is 0.161. The Morgan fingerprint density at radius 3 is 2.71 bits per heavy atom. The van der Waals surface area contributed by atoms with Crippen molar-refractivity contribution in [2.45, 2.75) is 42.4 Å². The molecule has 1 aliphatic heterocycles. The minimum Gasteiger partial charge on any atom is -0.610 e. The SMILES string of the molecule is Cl.O=c1c(-c2ccccc2)c2n(c(=O)n1CCCCSc1cccc3nccn13)CCC[S+]2[O-]. The fourth-order valence-electron chi connectivity index (χ4n) is 4.20. The van der Waals surface area contributed by atoms with E-state index in [0.29, 0.717) is 47.8 Å². The van der Waals surface area contributed by atoms with E-state index in [0.717, 1.165) is 22.8 Å². The minimum absolute atomic E-state index is 0. The molecule has 0 amide bonds. The second kappa shape index (κ2) is 10.9. The Labute approximate surface area is 210 Å². The highest BCUT2D eigenvalue weighted by Gasteiger charge is 2.31. The topological polar surface area (TPSA) is 84.4 Å². The van der Waals surface area contributed by atoms with Crippen molar-refractivity contribution >= 4 is 41.0 Å². The van der Waals surface area contributed by atoms with Crippen LogP contribution >= 0.6 is 24.2 Å². The first-order valence-corrected chi connectivity index (χ1v) is 13.3. The van der Waals surface area contributed by atoms with Crippen molar-refractivity contribution < 1.29 is 4.55 Å². The van der Waals surface area contributed by atoms with Crippen LogP contribution in [0.1, 0.15) is 19.3 Å². The van der Waals surface area contributed by atoms with Gasteiger partial charge in [-0.1, -0.05) is 36.4 Å². The molecule has 1 atom stereocenters. The molecule has 0 bridgehead atoms. The molecule has 0 saturated heterocycles. The molecule has 0 spiro atoms. The van der Waals surface area contributed by atoms with Gasteiger partial charge in [0, 0.05) is 43.1 Å². The first kappa shape index (κ1) is 24.7. The summed E-state index contributed by atoms with van der Waals surface area (Å²) in [6, 6.07) is 15.3. The van der Waals surface area contributed by atoms with Gasteiger partial charge in [0.05, 0.1) is 5.03 Å². The van der Waals surface area contributed by atoms with Crippen molar-refractivity contribution in [3.05, 3.63) is 81.8 Å². The van der Waals surface area contributed by atoms with Gasteiger partial charge in [0.25, 0.3) is 5.56 Å². The van der Waals surface area contributed by atoms with Crippen molar-refractivity contribution in [1.29, 1.82) is 0 Å². The molecule has 1 unspecified atom stereocenters. The Kier molecular flexibility index (Phi) is 7.88. The summed E-state index contributed by atoms with van der Waals surface area (Å²) < 4.78 is 17.7. The van der Waals surface area contributed by atoms with Gasteiger partial charge in [0.2, 0.25) is 5.03 Å². The maximum Gasteiger partial charge on any atom is 0.334 e. The van der Waals surface area contributed by atoms with Gasteiger partial charge in [0.1, 0.15) is 17.0 Å². The second-order valence-electron chi connectivity index (χ2n) is 7.92. The predicted molar refractivity (Wildman–Crippen MR) is 139 cm³/mol. The third kappa shape index (κ3) is 4.70. The summed E-state index contributed by atoms with van der Waals surface area (Å²) in [5.74, 6) is 1.34. The normalized spacial score (nSPS) is 15.1. The number of hydrogen-bond donors (Lipinski definition) is 0. The fraction of sp³-hybridized carbons (Fsp3) is 0.292. The molecule has 7 nitrogen and oxygen atoms in total. The zero-order valence-electron chi connectivity index (χ0n) is 18.5. The lowest BCUT2D eigenvalue weighted by Gasteiger charge is -2.24. The van der Waals surface area contributed by atoms with E-state index in [-0.39, 0.29) is 23.7 Å². The number of aromatic nitrogens is 4. The van der Waals surface area contributed by atoms with Crippen molar-refractivity contribution in [2.24, 2.45) is 0 Å². The van der Waals surface area contributed by atoms with E-state index in [4.69, 9.17) is 0 Å². The molecule has 0 saturated carbocycles. The molecule has 3 aromatic heterocycles. The molecule has 178 valence electrons. The highest BCUT2D eigenvalue weighted by Crippen LogP contribution is 2.27. The summed E-state index contributed by atoms with van der Waals surface area (Å²) in [7, 11) is 0. The maximum atomic E-state index is 13.4. The summed E-state index contributed by atoms with van der Waals surface area (Å²) in [5, 5.41) is 1.49. The number of fused-ring (bicyclic) bond motifs is 2. The molecule has 34 heavy (non-hydrogen) atoms. The summed E-state index contributed by atoms with van der Waals surface area (Å²) in [5.41, 5.74) is 1.33. The van der Waals surface area contributed by atoms with Gasteiger partial charge in [-0.25, -0.2) is 9.78 Å². The van der Waals surface area contributed by atoms with E-state index in [9.17, 15) is 14.1 Å². The smallest absolute Gasteiger partial charge is 0.334 e. The van der Waals surface area contributed by atoms with Gasteiger partial charge < -0.3 is 4.55 Å². The lowest BCUT2D eigenvalue weighted by atomic mass is 10.1. The van der Waals surface area contributed by atoms with Crippen LogP contribution in [0.25, 0.3) is 16.8 Å².